The number of benzene rings is 1. The van der Waals surface area contributed by atoms with Gasteiger partial charge in [-0.2, -0.15) is 0 Å². The van der Waals surface area contributed by atoms with E-state index in [9.17, 15) is 0 Å². The van der Waals surface area contributed by atoms with Gasteiger partial charge in [-0.15, -0.1) is 0 Å². The molecule has 1 heterocycles. The van der Waals surface area contributed by atoms with E-state index in [4.69, 9.17) is 27.9 Å². The van der Waals surface area contributed by atoms with Crippen LogP contribution in [0.2, 0.25) is 10.0 Å². The van der Waals surface area contributed by atoms with E-state index in [1.807, 2.05) is 12.1 Å². The third-order valence-electron chi connectivity index (χ3n) is 2.64. The predicted molar refractivity (Wildman–Crippen MR) is 69.4 cm³/mol. The van der Waals surface area contributed by atoms with Crippen molar-refractivity contribution in [1.82, 2.24) is 0 Å². The molecule has 1 aliphatic rings. The second-order valence-corrected chi connectivity index (χ2v) is 4.81. The number of rotatable bonds is 3. The summed E-state index contributed by atoms with van der Waals surface area (Å²) in [6.45, 7) is 2.17. The van der Waals surface area contributed by atoms with Gasteiger partial charge in [0.2, 0.25) is 0 Å². The van der Waals surface area contributed by atoms with Crippen molar-refractivity contribution >= 4 is 29.3 Å². The SMILES string of the molecule is CCCCC1C=Cc2cc(Cl)cc(Cl)c2O1. The minimum absolute atomic E-state index is 0.145. The molecule has 1 atom stereocenters. The van der Waals surface area contributed by atoms with Gasteiger partial charge in [0, 0.05) is 10.6 Å². The maximum Gasteiger partial charge on any atom is 0.146 e. The Morgan fingerprint density at radius 2 is 2.12 bits per heavy atom. The summed E-state index contributed by atoms with van der Waals surface area (Å²) in [6, 6.07) is 3.59. The molecular weight excluding hydrogens is 243 g/mol. The van der Waals surface area contributed by atoms with Crippen molar-refractivity contribution in [2.24, 2.45) is 0 Å². The zero-order chi connectivity index (χ0) is 11.5. The first-order valence-electron chi connectivity index (χ1n) is 5.54. The van der Waals surface area contributed by atoms with E-state index in [1.54, 1.807) is 6.07 Å². The van der Waals surface area contributed by atoms with Gasteiger partial charge in [0.1, 0.15) is 11.9 Å². The Balaban J connectivity index is 2.20. The first kappa shape index (κ1) is 11.8. The first-order chi connectivity index (χ1) is 7.70. The molecular formula is C13H14Cl2O. The molecule has 1 aliphatic heterocycles. The number of fused-ring (bicyclic) bond motifs is 1. The largest absolute Gasteiger partial charge is 0.484 e. The Labute approximate surface area is 106 Å². The Kier molecular flexibility index (Phi) is 3.78. The van der Waals surface area contributed by atoms with E-state index in [0.29, 0.717) is 10.0 Å². The van der Waals surface area contributed by atoms with E-state index in [-0.39, 0.29) is 6.10 Å². The van der Waals surface area contributed by atoms with E-state index in [1.165, 1.54) is 6.42 Å². The van der Waals surface area contributed by atoms with Gasteiger partial charge in [0.25, 0.3) is 0 Å². The van der Waals surface area contributed by atoms with Gasteiger partial charge < -0.3 is 4.74 Å². The van der Waals surface area contributed by atoms with Crippen molar-refractivity contribution in [2.75, 3.05) is 0 Å². The maximum absolute atomic E-state index is 6.10. The van der Waals surface area contributed by atoms with Gasteiger partial charge >= 0.3 is 0 Å². The lowest BCUT2D eigenvalue weighted by atomic mass is 10.1. The van der Waals surface area contributed by atoms with Crippen molar-refractivity contribution in [2.45, 2.75) is 32.3 Å². The monoisotopic (exact) mass is 256 g/mol. The Hall–Kier alpha value is -0.660. The molecule has 16 heavy (non-hydrogen) atoms. The molecule has 0 radical (unpaired) electrons. The second-order valence-electron chi connectivity index (χ2n) is 3.96. The molecule has 1 nitrogen and oxygen atoms in total. The Bertz CT molecular complexity index is 413. The lowest BCUT2D eigenvalue weighted by Crippen LogP contribution is -2.16. The molecule has 0 fully saturated rings. The highest BCUT2D eigenvalue weighted by Gasteiger charge is 2.17. The van der Waals surface area contributed by atoms with Gasteiger partial charge in [-0.25, -0.2) is 0 Å². The van der Waals surface area contributed by atoms with Crippen LogP contribution in [-0.4, -0.2) is 6.10 Å². The molecule has 1 aromatic rings. The molecule has 0 amide bonds. The average molecular weight is 257 g/mol. The first-order valence-corrected chi connectivity index (χ1v) is 6.30. The van der Waals surface area contributed by atoms with Gasteiger partial charge in [-0.05, 0) is 31.1 Å². The normalized spacial score (nSPS) is 18.1. The Morgan fingerprint density at radius 3 is 2.88 bits per heavy atom. The topological polar surface area (TPSA) is 9.23 Å². The highest BCUT2D eigenvalue weighted by Crippen LogP contribution is 2.36. The minimum Gasteiger partial charge on any atom is -0.484 e. The second kappa shape index (κ2) is 5.11. The van der Waals surface area contributed by atoms with Crippen LogP contribution in [0.5, 0.6) is 5.75 Å². The summed E-state index contributed by atoms with van der Waals surface area (Å²) in [4.78, 5) is 0. The van der Waals surface area contributed by atoms with Crippen molar-refractivity contribution in [1.29, 1.82) is 0 Å². The fourth-order valence-corrected chi connectivity index (χ4v) is 2.34. The number of halogens is 2. The molecule has 1 aromatic carbocycles. The summed E-state index contributed by atoms with van der Waals surface area (Å²) in [7, 11) is 0. The molecule has 0 aromatic heterocycles. The number of unbranched alkanes of at least 4 members (excludes halogenated alkanes) is 1. The molecule has 0 bridgehead atoms. The van der Waals surface area contributed by atoms with Crippen LogP contribution in [0.3, 0.4) is 0 Å². The molecule has 2 rings (SSSR count). The van der Waals surface area contributed by atoms with Gasteiger partial charge in [-0.3, -0.25) is 0 Å². The molecule has 86 valence electrons. The average Bonchev–Trinajstić information content (AvgIpc) is 2.26. The standard InChI is InChI=1S/C13H14Cl2O/c1-2-3-4-11-6-5-9-7-10(14)8-12(15)13(9)16-11/h5-8,11H,2-4H2,1H3. The van der Waals surface area contributed by atoms with E-state index >= 15 is 0 Å². The van der Waals surface area contributed by atoms with Crippen LogP contribution in [0.15, 0.2) is 18.2 Å². The van der Waals surface area contributed by atoms with E-state index in [0.717, 1.165) is 24.2 Å². The summed E-state index contributed by atoms with van der Waals surface area (Å²) < 4.78 is 5.84. The summed E-state index contributed by atoms with van der Waals surface area (Å²) in [6.07, 6.45) is 7.63. The highest BCUT2D eigenvalue weighted by atomic mass is 35.5. The van der Waals surface area contributed by atoms with Crippen molar-refractivity contribution in [3.8, 4) is 5.75 Å². The molecule has 0 saturated heterocycles. The van der Waals surface area contributed by atoms with Crippen LogP contribution < -0.4 is 4.74 Å². The lowest BCUT2D eigenvalue weighted by Gasteiger charge is -2.22. The quantitative estimate of drug-likeness (QED) is 0.743. The Morgan fingerprint density at radius 1 is 1.31 bits per heavy atom. The predicted octanol–water partition coefficient (Wildman–Crippen LogP) is 4.96. The third kappa shape index (κ3) is 2.53. The van der Waals surface area contributed by atoms with Gasteiger partial charge in [-0.1, -0.05) is 42.6 Å². The molecule has 3 heteroatoms. The summed E-state index contributed by atoms with van der Waals surface area (Å²) in [5.74, 6) is 0.759. The van der Waals surface area contributed by atoms with E-state index < -0.39 is 0 Å². The maximum atomic E-state index is 6.10. The fourth-order valence-electron chi connectivity index (χ4n) is 1.79. The van der Waals surface area contributed by atoms with E-state index in [2.05, 4.69) is 13.0 Å². The summed E-state index contributed by atoms with van der Waals surface area (Å²) >= 11 is 12.0. The number of ether oxygens (including phenoxy) is 1. The van der Waals surface area contributed by atoms with Crippen LogP contribution in [0.1, 0.15) is 31.7 Å². The fraction of sp³-hybridized carbons (Fsp3) is 0.385. The smallest absolute Gasteiger partial charge is 0.146 e. The molecule has 0 aliphatic carbocycles. The summed E-state index contributed by atoms with van der Waals surface area (Å²) in [5.41, 5.74) is 0.963. The molecule has 0 saturated carbocycles. The minimum atomic E-state index is 0.145. The van der Waals surface area contributed by atoms with Crippen molar-refractivity contribution in [3.63, 3.8) is 0 Å². The number of hydrogen-bond donors (Lipinski definition) is 0. The van der Waals surface area contributed by atoms with Crippen molar-refractivity contribution < 1.29 is 4.74 Å². The van der Waals surface area contributed by atoms with Gasteiger partial charge in [0.05, 0.1) is 5.02 Å². The number of hydrogen-bond acceptors (Lipinski definition) is 1. The zero-order valence-corrected chi connectivity index (χ0v) is 10.7. The van der Waals surface area contributed by atoms with Gasteiger partial charge in [0.15, 0.2) is 0 Å². The van der Waals surface area contributed by atoms with Crippen LogP contribution in [0.4, 0.5) is 0 Å². The summed E-state index contributed by atoms with van der Waals surface area (Å²) in [5, 5.41) is 1.23. The third-order valence-corrected chi connectivity index (χ3v) is 3.14. The molecule has 0 spiro atoms. The van der Waals surface area contributed by atoms with Crippen LogP contribution in [-0.2, 0) is 0 Å². The molecule has 1 unspecified atom stereocenters. The zero-order valence-electron chi connectivity index (χ0n) is 9.17. The highest BCUT2D eigenvalue weighted by molar-refractivity contribution is 6.35. The molecule has 0 N–H and O–H groups in total. The lowest BCUT2D eigenvalue weighted by molar-refractivity contribution is 0.231. The van der Waals surface area contributed by atoms with Crippen LogP contribution in [0, 0.1) is 0 Å². The van der Waals surface area contributed by atoms with Crippen molar-refractivity contribution in [3.05, 3.63) is 33.8 Å². The van der Waals surface area contributed by atoms with Crippen LogP contribution >= 0.6 is 23.2 Å². The van der Waals surface area contributed by atoms with Crippen LogP contribution in [0.25, 0.3) is 6.08 Å².